The van der Waals surface area contributed by atoms with Gasteiger partial charge in [0, 0.05) is 22.5 Å². The summed E-state index contributed by atoms with van der Waals surface area (Å²) in [4.78, 5) is 24.3. The lowest BCUT2D eigenvalue weighted by atomic mass is 9.95. The first kappa shape index (κ1) is 19.5. The Morgan fingerprint density at radius 1 is 0.885 bits per heavy atom. The summed E-state index contributed by atoms with van der Waals surface area (Å²) in [6.07, 6.45) is 0. The summed E-state index contributed by atoms with van der Waals surface area (Å²) >= 11 is 0. The van der Waals surface area contributed by atoms with E-state index >= 15 is 0 Å². The van der Waals surface area contributed by atoms with Gasteiger partial charge in [-0.25, -0.2) is 0 Å². The average Bonchev–Trinajstić information content (AvgIpc) is 2.55. The summed E-state index contributed by atoms with van der Waals surface area (Å²) < 4.78 is 0. The Morgan fingerprint density at radius 2 is 1.50 bits per heavy atom. The van der Waals surface area contributed by atoms with E-state index in [4.69, 9.17) is 0 Å². The smallest absolute Gasteiger partial charge is 0.246 e. The van der Waals surface area contributed by atoms with Crippen LogP contribution in [0.5, 0.6) is 0 Å². The molecule has 0 fully saturated rings. The van der Waals surface area contributed by atoms with E-state index < -0.39 is 11.5 Å². The second-order valence-corrected chi connectivity index (χ2v) is 7.51. The minimum absolute atomic E-state index is 0.0379. The zero-order chi connectivity index (χ0) is 19.3. The van der Waals surface area contributed by atoms with Crippen LogP contribution in [0.4, 0.5) is 17.1 Å². The molecule has 0 saturated heterocycles. The zero-order valence-electron chi connectivity index (χ0n) is 16.0. The number of aryl methyl sites for hydroxylation is 1. The Hall–Kier alpha value is -2.82. The summed E-state index contributed by atoms with van der Waals surface area (Å²) in [6.45, 7) is 9.39. The van der Waals surface area contributed by atoms with Gasteiger partial charge in [0.1, 0.15) is 6.04 Å². The van der Waals surface area contributed by atoms with Crippen molar-refractivity contribution in [2.75, 3.05) is 16.0 Å². The maximum atomic E-state index is 12.3. The Balaban J connectivity index is 1.93. The van der Waals surface area contributed by atoms with E-state index in [1.165, 1.54) is 0 Å². The lowest BCUT2D eigenvalue weighted by Crippen LogP contribution is -2.31. The molecule has 0 radical (unpaired) electrons. The highest BCUT2D eigenvalue weighted by Gasteiger charge is 2.21. The van der Waals surface area contributed by atoms with Gasteiger partial charge in [-0.15, -0.1) is 0 Å². The molecule has 1 atom stereocenters. The van der Waals surface area contributed by atoms with Crippen molar-refractivity contribution < 1.29 is 9.59 Å². The third kappa shape index (κ3) is 5.62. The molecule has 2 amide bonds. The highest BCUT2D eigenvalue weighted by molar-refractivity contribution is 5.96. The van der Waals surface area contributed by atoms with E-state index in [-0.39, 0.29) is 11.8 Å². The molecule has 0 heterocycles. The van der Waals surface area contributed by atoms with Crippen LogP contribution < -0.4 is 16.0 Å². The lowest BCUT2D eigenvalue weighted by Gasteiger charge is -2.18. The molecule has 0 aliphatic rings. The molecule has 138 valence electrons. The van der Waals surface area contributed by atoms with Crippen LogP contribution in [0.2, 0.25) is 0 Å². The average molecular weight is 353 g/mol. The van der Waals surface area contributed by atoms with Crippen molar-refractivity contribution in [3.8, 4) is 0 Å². The van der Waals surface area contributed by atoms with Gasteiger partial charge in [0.25, 0.3) is 0 Å². The van der Waals surface area contributed by atoms with Crippen molar-refractivity contribution in [2.24, 2.45) is 5.41 Å². The largest absolute Gasteiger partial charge is 0.374 e. The predicted octanol–water partition coefficient (Wildman–Crippen LogP) is 4.42. The second-order valence-electron chi connectivity index (χ2n) is 7.51. The quantitative estimate of drug-likeness (QED) is 0.745. The molecule has 2 aromatic carbocycles. The molecule has 0 spiro atoms. The Bertz CT molecular complexity index is 777. The first-order valence-corrected chi connectivity index (χ1v) is 8.71. The van der Waals surface area contributed by atoms with Gasteiger partial charge in [0.05, 0.1) is 0 Å². The maximum absolute atomic E-state index is 12.3. The molecular formula is C21H27N3O2. The van der Waals surface area contributed by atoms with Crippen molar-refractivity contribution >= 4 is 28.9 Å². The van der Waals surface area contributed by atoms with E-state index in [0.29, 0.717) is 0 Å². The second kappa shape index (κ2) is 8.04. The first-order valence-electron chi connectivity index (χ1n) is 8.71. The highest BCUT2D eigenvalue weighted by atomic mass is 16.2. The van der Waals surface area contributed by atoms with Gasteiger partial charge < -0.3 is 16.0 Å². The molecule has 0 saturated carbocycles. The molecule has 5 heteroatoms. The third-order valence-corrected chi connectivity index (χ3v) is 3.89. The predicted molar refractivity (Wildman–Crippen MR) is 107 cm³/mol. The summed E-state index contributed by atoms with van der Waals surface area (Å²) in [7, 11) is 0. The number of rotatable bonds is 5. The number of nitrogens with one attached hydrogen (secondary N) is 3. The number of hydrogen-bond donors (Lipinski definition) is 3. The normalized spacial score (nSPS) is 12.2. The van der Waals surface area contributed by atoms with Crippen LogP contribution >= 0.6 is 0 Å². The number of amides is 2. The fraction of sp³-hybridized carbons (Fsp3) is 0.333. The van der Waals surface area contributed by atoms with Gasteiger partial charge >= 0.3 is 0 Å². The number of benzene rings is 2. The minimum atomic E-state index is -0.445. The van der Waals surface area contributed by atoms with E-state index in [1.807, 2.05) is 76.2 Å². The monoisotopic (exact) mass is 353 g/mol. The highest BCUT2D eigenvalue weighted by Crippen LogP contribution is 2.19. The molecule has 5 nitrogen and oxygen atoms in total. The zero-order valence-corrected chi connectivity index (χ0v) is 16.0. The van der Waals surface area contributed by atoms with Gasteiger partial charge in [-0.1, -0.05) is 32.9 Å². The Kier molecular flexibility index (Phi) is 6.03. The Labute approximate surface area is 155 Å². The maximum Gasteiger partial charge on any atom is 0.246 e. The lowest BCUT2D eigenvalue weighted by molar-refractivity contribution is -0.123. The van der Waals surface area contributed by atoms with Crippen molar-refractivity contribution in [3.05, 3.63) is 54.1 Å². The standard InChI is InChI=1S/C21H27N3O2/c1-14-7-6-8-18(13-14)23-19(25)15(2)22-16-9-11-17(12-10-16)24-20(26)21(3,4)5/h6-13,15,22H,1-5H3,(H,23,25)(H,24,26). The van der Waals surface area contributed by atoms with Gasteiger partial charge in [-0.3, -0.25) is 9.59 Å². The summed E-state index contributed by atoms with van der Waals surface area (Å²) in [5.41, 5.74) is 2.97. The van der Waals surface area contributed by atoms with Gasteiger partial charge in [-0.05, 0) is 55.8 Å². The molecule has 0 aliphatic carbocycles. The van der Waals surface area contributed by atoms with Crippen molar-refractivity contribution in [2.45, 2.75) is 40.7 Å². The summed E-state index contributed by atoms with van der Waals surface area (Å²) in [5, 5.41) is 8.94. The van der Waals surface area contributed by atoms with E-state index in [2.05, 4.69) is 16.0 Å². The topological polar surface area (TPSA) is 70.2 Å². The first-order chi connectivity index (χ1) is 12.1. The van der Waals surface area contributed by atoms with Crippen molar-refractivity contribution in [1.29, 1.82) is 0 Å². The number of carbonyl (C=O) groups is 2. The van der Waals surface area contributed by atoms with E-state index in [9.17, 15) is 9.59 Å². The molecule has 2 rings (SSSR count). The molecule has 0 bridgehead atoms. The van der Waals surface area contributed by atoms with Crippen molar-refractivity contribution in [1.82, 2.24) is 0 Å². The van der Waals surface area contributed by atoms with Crippen LogP contribution in [0.15, 0.2) is 48.5 Å². The van der Waals surface area contributed by atoms with Crippen LogP contribution in [0.1, 0.15) is 33.3 Å². The summed E-state index contributed by atoms with van der Waals surface area (Å²) in [5.74, 6) is -0.148. The summed E-state index contributed by atoms with van der Waals surface area (Å²) in [6, 6.07) is 14.6. The molecule has 3 N–H and O–H groups in total. The molecule has 0 aromatic heterocycles. The van der Waals surface area contributed by atoms with E-state index in [1.54, 1.807) is 6.92 Å². The molecular weight excluding hydrogens is 326 g/mol. The molecule has 2 aromatic rings. The fourth-order valence-corrected chi connectivity index (χ4v) is 2.26. The van der Waals surface area contributed by atoms with Crippen molar-refractivity contribution in [3.63, 3.8) is 0 Å². The minimum Gasteiger partial charge on any atom is -0.374 e. The number of anilines is 3. The molecule has 26 heavy (non-hydrogen) atoms. The fourth-order valence-electron chi connectivity index (χ4n) is 2.26. The SMILES string of the molecule is Cc1cccc(NC(=O)C(C)Nc2ccc(NC(=O)C(C)(C)C)cc2)c1. The van der Waals surface area contributed by atoms with Gasteiger partial charge in [-0.2, -0.15) is 0 Å². The van der Waals surface area contributed by atoms with Crippen LogP contribution in [0.3, 0.4) is 0 Å². The van der Waals surface area contributed by atoms with Crippen LogP contribution in [-0.4, -0.2) is 17.9 Å². The third-order valence-electron chi connectivity index (χ3n) is 3.89. The molecule has 0 aliphatic heterocycles. The van der Waals surface area contributed by atoms with E-state index in [0.717, 1.165) is 22.6 Å². The Morgan fingerprint density at radius 3 is 2.08 bits per heavy atom. The van der Waals surface area contributed by atoms with Gasteiger partial charge in [0.2, 0.25) is 11.8 Å². The molecule has 1 unspecified atom stereocenters. The van der Waals surface area contributed by atoms with Gasteiger partial charge in [0.15, 0.2) is 0 Å². The number of carbonyl (C=O) groups excluding carboxylic acids is 2. The van der Waals surface area contributed by atoms with Crippen LogP contribution in [-0.2, 0) is 9.59 Å². The van der Waals surface area contributed by atoms with Crippen LogP contribution in [0, 0.1) is 12.3 Å². The van der Waals surface area contributed by atoms with Crippen LogP contribution in [0.25, 0.3) is 0 Å². The number of hydrogen-bond acceptors (Lipinski definition) is 3.